The van der Waals surface area contributed by atoms with Crippen LogP contribution in [-0.4, -0.2) is 48.3 Å². The minimum absolute atomic E-state index is 0.103. The third-order valence-corrected chi connectivity index (χ3v) is 6.81. The molecule has 30 heavy (non-hydrogen) atoms. The first-order valence-electron chi connectivity index (χ1n) is 10.3. The van der Waals surface area contributed by atoms with Crippen LogP contribution < -0.4 is 10.3 Å². The molecule has 3 aromatic rings. The van der Waals surface area contributed by atoms with E-state index in [4.69, 9.17) is 14.5 Å². The molecular weight excluding hydrogens is 402 g/mol. The van der Waals surface area contributed by atoms with E-state index < -0.39 is 5.97 Å². The SMILES string of the molecule is CCOC(=O)c1c(=O)c2ccc(N3CCOCC3)nc2n2c3c(sc12)CC(C)C=C3. The first-order valence-corrected chi connectivity index (χ1v) is 11.1. The van der Waals surface area contributed by atoms with Crippen molar-refractivity contribution < 1.29 is 14.3 Å². The van der Waals surface area contributed by atoms with Gasteiger partial charge in [0.25, 0.3) is 0 Å². The number of anilines is 1. The van der Waals surface area contributed by atoms with Gasteiger partial charge in [-0.25, -0.2) is 9.78 Å². The van der Waals surface area contributed by atoms with E-state index in [1.54, 1.807) is 13.0 Å². The summed E-state index contributed by atoms with van der Waals surface area (Å²) in [4.78, 5) is 34.9. The number of fused-ring (bicyclic) bond motifs is 5. The van der Waals surface area contributed by atoms with Crippen molar-refractivity contribution in [2.24, 2.45) is 5.92 Å². The van der Waals surface area contributed by atoms with Gasteiger partial charge in [-0.2, -0.15) is 0 Å². The maximum Gasteiger partial charge on any atom is 0.345 e. The van der Waals surface area contributed by atoms with E-state index in [0.29, 0.717) is 35.0 Å². The lowest BCUT2D eigenvalue weighted by Crippen LogP contribution is -2.36. The molecule has 1 unspecified atom stereocenters. The highest BCUT2D eigenvalue weighted by molar-refractivity contribution is 7.18. The topological polar surface area (TPSA) is 73.1 Å². The molecule has 7 nitrogen and oxygen atoms in total. The molecule has 2 aliphatic rings. The number of ether oxygens (including phenoxy) is 2. The molecule has 0 radical (unpaired) electrons. The van der Waals surface area contributed by atoms with Crippen LogP contribution in [0.15, 0.2) is 23.0 Å². The van der Waals surface area contributed by atoms with Gasteiger partial charge in [0.2, 0.25) is 5.43 Å². The zero-order valence-corrected chi connectivity index (χ0v) is 17.8. The Labute approximate surface area is 177 Å². The Bertz CT molecular complexity index is 1240. The Morgan fingerprint density at radius 2 is 2.13 bits per heavy atom. The summed E-state index contributed by atoms with van der Waals surface area (Å²) >= 11 is 1.49. The van der Waals surface area contributed by atoms with E-state index >= 15 is 0 Å². The number of pyridine rings is 2. The second kappa shape index (κ2) is 7.52. The average molecular weight is 426 g/mol. The third kappa shape index (κ3) is 3.02. The smallest absolute Gasteiger partial charge is 0.345 e. The molecule has 0 aromatic carbocycles. The Morgan fingerprint density at radius 1 is 1.33 bits per heavy atom. The van der Waals surface area contributed by atoms with Gasteiger partial charge in [-0.05, 0) is 37.5 Å². The summed E-state index contributed by atoms with van der Waals surface area (Å²) in [6, 6.07) is 3.64. The molecule has 0 N–H and O–H groups in total. The van der Waals surface area contributed by atoms with Crippen LogP contribution in [0.3, 0.4) is 0 Å². The third-order valence-electron chi connectivity index (χ3n) is 5.61. The molecule has 8 heteroatoms. The summed E-state index contributed by atoms with van der Waals surface area (Å²) in [7, 11) is 0. The van der Waals surface area contributed by atoms with Gasteiger partial charge in [0, 0.05) is 18.0 Å². The molecule has 1 atom stereocenters. The van der Waals surface area contributed by atoms with Crippen molar-refractivity contribution in [1.29, 1.82) is 0 Å². The molecule has 0 saturated carbocycles. The van der Waals surface area contributed by atoms with Crippen molar-refractivity contribution >= 4 is 45.1 Å². The first-order chi connectivity index (χ1) is 14.6. The van der Waals surface area contributed by atoms with E-state index in [0.717, 1.165) is 35.9 Å². The normalized spacial score (nSPS) is 18.7. The minimum Gasteiger partial charge on any atom is -0.462 e. The molecule has 0 bridgehead atoms. The predicted molar refractivity (Wildman–Crippen MR) is 118 cm³/mol. The fourth-order valence-corrected chi connectivity index (χ4v) is 5.52. The largest absolute Gasteiger partial charge is 0.462 e. The van der Waals surface area contributed by atoms with Crippen LogP contribution in [0.4, 0.5) is 5.82 Å². The number of hydrogen-bond acceptors (Lipinski definition) is 7. The van der Waals surface area contributed by atoms with Crippen molar-refractivity contribution in [3.63, 3.8) is 0 Å². The molecule has 5 rings (SSSR count). The average Bonchev–Trinajstić information content (AvgIpc) is 3.12. The zero-order chi connectivity index (χ0) is 20.8. The van der Waals surface area contributed by atoms with Gasteiger partial charge in [0.1, 0.15) is 16.2 Å². The lowest BCUT2D eigenvalue weighted by atomic mass is 10.00. The van der Waals surface area contributed by atoms with Gasteiger partial charge in [-0.15, -0.1) is 11.3 Å². The standard InChI is InChI=1S/C22H23N3O4S/c1-3-29-22(27)18-19(26)14-5-7-17(24-8-10-28-11-9-24)23-20(14)25-15-6-4-13(2)12-16(15)30-21(18)25/h4-7,13H,3,8-12H2,1-2H3. The molecule has 1 aliphatic heterocycles. The van der Waals surface area contributed by atoms with Gasteiger partial charge in [-0.1, -0.05) is 13.0 Å². The number of carbonyl (C=O) groups is 1. The van der Waals surface area contributed by atoms with E-state index in [9.17, 15) is 9.59 Å². The highest BCUT2D eigenvalue weighted by Gasteiger charge is 2.27. The first kappa shape index (κ1) is 19.3. The monoisotopic (exact) mass is 425 g/mol. The number of hydrogen-bond donors (Lipinski definition) is 0. The fraction of sp³-hybridized carbons (Fsp3) is 0.409. The summed E-state index contributed by atoms with van der Waals surface area (Å²) in [5.41, 5.74) is 1.37. The second-order valence-electron chi connectivity index (χ2n) is 7.66. The van der Waals surface area contributed by atoms with Crippen molar-refractivity contribution in [3.05, 3.63) is 44.6 Å². The Kier molecular flexibility index (Phi) is 4.83. The minimum atomic E-state index is -0.574. The number of esters is 1. The summed E-state index contributed by atoms with van der Waals surface area (Å²) in [6.07, 6.45) is 5.11. The van der Waals surface area contributed by atoms with Crippen LogP contribution in [0.1, 0.15) is 34.8 Å². The molecular formula is C22H23N3O4S. The molecule has 0 spiro atoms. The summed E-state index contributed by atoms with van der Waals surface area (Å²) in [6.45, 7) is 6.96. The van der Waals surface area contributed by atoms with Crippen LogP contribution in [0, 0.1) is 5.92 Å². The lowest BCUT2D eigenvalue weighted by molar-refractivity contribution is 0.0527. The fourth-order valence-electron chi connectivity index (χ4n) is 4.12. The van der Waals surface area contributed by atoms with Gasteiger partial charge in [0.15, 0.2) is 5.65 Å². The highest BCUT2D eigenvalue weighted by atomic mass is 32.1. The number of rotatable bonds is 3. The van der Waals surface area contributed by atoms with Crippen LogP contribution >= 0.6 is 11.3 Å². The molecule has 4 heterocycles. The Hall–Kier alpha value is -2.71. The summed E-state index contributed by atoms with van der Waals surface area (Å²) < 4.78 is 12.7. The van der Waals surface area contributed by atoms with Crippen molar-refractivity contribution in [3.8, 4) is 0 Å². The molecule has 1 fully saturated rings. The quantitative estimate of drug-likeness (QED) is 0.601. The van der Waals surface area contributed by atoms with Crippen molar-refractivity contribution in [2.75, 3.05) is 37.8 Å². The second-order valence-corrected chi connectivity index (χ2v) is 8.74. The van der Waals surface area contributed by atoms with Crippen LogP contribution in [0.5, 0.6) is 0 Å². The van der Waals surface area contributed by atoms with Gasteiger partial charge in [-0.3, -0.25) is 9.20 Å². The van der Waals surface area contributed by atoms with Gasteiger partial charge >= 0.3 is 5.97 Å². The summed E-state index contributed by atoms with van der Waals surface area (Å²) in [5.74, 6) is 0.651. The Morgan fingerprint density at radius 3 is 2.90 bits per heavy atom. The maximum atomic E-state index is 13.3. The van der Waals surface area contributed by atoms with Crippen LogP contribution in [0.25, 0.3) is 21.9 Å². The van der Waals surface area contributed by atoms with Crippen molar-refractivity contribution in [2.45, 2.75) is 20.3 Å². The van der Waals surface area contributed by atoms with E-state index in [1.807, 2.05) is 10.5 Å². The molecule has 0 amide bonds. The lowest BCUT2D eigenvalue weighted by Gasteiger charge is -2.28. The number of thiazole rings is 1. The number of allylic oxidation sites excluding steroid dienone is 1. The van der Waals surface area contributed by atoms with E-state index in [-0.39, 0.29) is 17.6 Å². The van der Waals surface area contributed by atoms with Crippen LogP contribution in [-0.2, 0) is 15.9 Å². The van der Waals surface area contributed by atoms with Gasteiger partial charge < -0.3 is 14.4 Å². The zero-order valence-electron chi connectivity index (χ0n) is 17.0. The molecule has 1 saturated heterocycles. The van der Waals surface area contributed by atoms with Crippen LogP contribution in [0.2, 0.25) is 0 Å². The maximum absolute atomic E-state index is 13.3. The summed E-state index contributed by atoms with van der Waals surface area (Å²) in [5, 5.41) is 0.431. The van der Waals surface area contributed by atoms with E-state index in [1.165, 1.54) is 11.3 Å². The molecule has 3 aromatic heterocycles. The molecule has 1 aliphatic carbocycles. The highest BCUT2D eigenvalue weighted by Crippen LogP contribution is 2.34. The predicted octanol–water partition coefficient (Wildman–Crippen LogP) is 3.13. The number of aromatic nitrogens is 2. The van der Waals surface area contributed by atoms with E-state index in [2.05, 4.69) is 24.0 Å². The molecule has 156 valence electrons. The van der Waals surface area contributed by atoms with Gasteiger partial charge in [0.05, 0.1) is 30.9 Å². The number of morpholine rings is 1. The number of carbonyl (C=O) groups excluding carboxylic acids is 1. The van der Waals surface area contributed by atoms with Crippen molar-refractivity contribution in [1.82, 2.24) is 9.38 Å². The Balaban J connectivity index is 1.82. The number of nitrogens with zero attached hydrogens (tertiary/aromatic N) is 3.